The van der Waals surface area contributed by atoms with Crippen LogP contribution >= 0.6 is 0 Å². The maximum atomic E-state index is 11.7. The number of benzene rings is 1. The van der Waals surface area contributed by atoms with Crippen LogP contribution in [-0.2, 0) is 4.79 Å². The predicted molar refractivity (Wildman–Crippen MR) is 78.6 cm³/mol. The van der Waals surface area contributed by atoms with E-state index in [4.69, 9.17) is 4.74 Å². The summed E-state index contributed by atoms with van der Waals surface area (Å²) in [7, 11) is 0. The van der Waals surface area contributed by atoms with Crippen molar-refractivity contribution in [3.63, 3.8) is 0 Å². The Kier molecular flexibility index (Phi) is 5.83. The number of anilines is 1. The lowest BCUT2D eigenvalue weighted by Gasteiger charge is -2.20. The fraction of sp³-hybridized carbons (Fsp3) is 0.533. The van der Waals surface area contributed by atoms with E-state index in [2.05, 4.69) is 31.4 Å². The lowest BCUT2D eigenvalue weighted by molar-refractivity contribution is -0.116. The van der Waals surface area contributed by atoms with Gasteiger partial charge >= 0.3 is 0 Å². The van der Waals surface area contributed by atoms with Crippen LogP contribution in [0.3, 0.4) is 0 Å². The van der Waals surface area contributed by atoms with Crippen LogP contribution in [0.2, 0.25) is 0 Å². The van der Waals surface area contributed by atoms with Crippen molar-refractivity contribution >= 4 is 11.6 Å². The van der Waals surface area contributed by atoms with Gasteiger partial charge in [-0.25, -0.2) is 0 Å². The molecule has 0 radical (unpaired) electrons. The highest BCUT2D eigenvalue weighted by molar-refractivity contribution is 5.90. The molecule has 0 aliphatic rings. The SMILES string of the molecule is CCOc1ccc(NC(=O)CCNC(C)(C)C)cc1. The largest absolute Gasteiger partial charge is 0.494 e. The van der Waals surface area contributed by atoms with Crippen molar-refractivity contribution in [3.05, 3.63) is 24.3 Å². The lowest BCUT2D eigenvalue weighted by Crippen LogP contribution is -2.37. The Bertz CT molecular complexity index is 394. The molecule has 0 aliphatic carbocycles. The molecule has 0 spiro atoms. The Hall–Kier alpha value is -1.55. The van der Waals surface area contributed by atoms with Crippen molar-refractivity contribution in [3.8, 4) is 5.75 Å². The minimum absolute atomic E-state index is 0.0147. The molecule has 4 heteroatoms. The third kappa shape index (κ3) is 6.82. The van der Waals surface area contributed by atoms with E-state index in [1.165, 1.54) is 0 Å². The molecule has 0 unspecified atom stereocenters. The van der Waals surface area contributed by atoms with E-state index in [1.54, 1.807) is 0 Å². The topological polar surface area (TPSA) is 50.4 Å². The number of carbonyl (C=O) groups excluding carboxylic acids is 1. The Balaban J connectivity index is 2.35. The monoisotopic (exact) mass is 264 g/mol. The highest BCUT2D eigenvalue weighted by atomic mass is 16.5. The van der Waals surface area contributed by atoms with Crippen molar-refractivity contribution in [2.75, 3.05) is 18.5 Å². The molecule has 0 saturated heterocycles. The summed E-state index contributed by atoms with van der Waals surface area (Å²) in [6.07, 6.45) is 0.463. The van der Waals surface area contributed by atoms with E-state index in [0.29, 0.717) is 19.6 Å². The van der Waals surface area contributed by atoms with Gasteiger partial charge in [-0.05, 0) is 52.0 Å². The second kappa shape index (κ2) is 7.14. The van der Waals surface area contributed by atoms with Crippen LogP contribution in [-0.4, -0.2) is 24.6 Å². The number of carbonyl (C=O) groups is 1. The first kappa shape index (κ1) is 15.5. The Morgan fingerprint density at radius 3 is 2.37 bits per heavy atom. The normalized spacial score (nSPS) is 11.2. The molecule has 1 aromatic carbocycles. The average molecular weight is 264 g/mol. The van der Waals surface area contributed by atoms with Gasteiger partial charge in [-0.2, -0.15) is 0 Å². The average Bonchev–Trinajstić information content (AvgIpc) is 2.30. The van der Waals surface area contributed by atoms with Crippen LogP contribution in [0.1, 0.15) is 34.1 Å². The fourth-order valence-electron chi connectivity index (χ4n) is 1.58. The summed E-state index contributed by atoms with van der Waals surface area (Å²) in [5.41, 5.74) is 0.837. The predicted octanol–water partition coefficient (Wildman–Crippen LogP) is 2.80. The molecule has 0 atom stereocenters. The maximum absolute atomic E-state index is 11.7. The third-order valence-electron chi connectivity index (χ3n) is 2.46. The number of hydrogen-bond acceptors (Lipinski definition) is 3. The summed E-state index contributed by atoms with van der Waals surface area (Å²) in [4.78, 5) is 11.7. The summed E-state index contributed by atoms with van der Waals surface area (Å²) < 4.78 is 5.35. The van der Waals surface area contributed by atoms with E-state index in [9.17, 15) is 4.79 Å². The first-order valence-electron chi connectivity index (χ1n) is 6.68. The molecule has 1 rings (SSSR count). The molecule has 0 aromatic heterocycles. The maximum Gasteiger partial charge on any atom is 0.225 e. The molecule has 0 aliphatic heterocycles. The molecule has 1 amide bonds. The van der Waals surface area contributed by atoms with E-state index in [-0.39, 0.29) is 11.4 Å². The minimum atomic E-state index is 0.0147. The Morgan fingerprint density at radius 2 is 1.84 bits per heavy atom. The van der Waals surface area contributed by atoms with Crippen molar-refractivity contribution < 1.29 is 9.53 Å². The molecule has 106 valence electrons. The molecular formula is C15H24N2O2. The minimum Gasteiger partial charge on any atom is -0.494 e. The second-order valence-electron chi connectivity index (χ2n) is 5.43. The zero-order chi connectivity index (χ0) is 14.3. The summed E-state index contributed by atoms with van der Waals surface area (Å²) >= 11 is 0. The molecule has 4 nitrogen and oxygen atoms in total. The van der Waals surface area contributed by atoms with Gasteiger partial charge in [0.25, 0.3) is 0 Å². The number of ether oxygens (including phenoxy) is 1. The van der Waals surface area contributed by atoms with Crippen LogP contribution in [0.15, 0.2) is 24.3 Å². The van der Waals surface area contributed by atoms with Crippen LogP contribution < -0.4 is 15.4 Å². The first-order chi connectivity index (χ1) is 8.90. The summed E-state index contributed by atoms with van der Waals surface area (Å²) in [5.74, 6) is 0.829. The van der Waals surface area contributed by atoms with Gasteiger partial charge in [0, 0.05) is 24.2 Å². The highest BCUT2D eigenvalue weighted by Crippen LogP contribution is 2.15. The van der Waals surface area contributed by atoms with E-state index < -0.39 is 0 Å². The number of nitrogens with one attached hydrogen (secondary N) is 2. The zero-order valence-corrected chi connectivity index (χ0v) is 12.2. The summed E-state index contributed by atoms with van der Waals surface area (Å²) in [6.45, 7) is 9.50. The molecule has 19 heavy (non-hydrogen) atoms. The fourth-order valence-corrected chi connectivity index (χ4v) is 1.58. The van der Waals surface area contributed by atoms with Gasteiger partial charge in [0.2, 0.25) is 5.91 Å². The van der Waals surface area contributed by atoms with Crippen molar-refractivity contribution in [1.29, 1.82) is 0 Å². The van der Waals surface area contributed by atoms with Crippen molar-refractivity contribution in [2.24, 2.45) is 0 Å². The van der Waals surface area contributed by atoms with Crippen molar-refractivity contribution in [1.82, 2.24) is 5.32 Å². The van der Waals surface area contributed by atoms with Crippen LogP contribution in [0.25, 0.3) is 0 Å². The number of rotatable bonds is 6. The van der Waals surface area contributed by atoms with Gasteiger partial charge in [0.1, 0.15) is 5.75 Å². The molecule has 0 bridgehead atoms. The number of hydrogen-bond donors (Lipinski definition) is 2. The first-order valence-corrected chi connectivity index (χ1v) is 6.68. The molecule has 0 saturated carbocycles. The lowest BCUT2D eigenvalue weighted by atomic mass is 10.1. The van der Waals surface area contributed by atoms with Gasteiger partial charge in [-0.3, -0.25) is 4.79 Å². The molecular weight excluding hydrogens is 240 g/mol. The van der Waals surface area contributed by atoms with Gasteiger partial charge in [0.15, 0.2) is 0 Å². The van der Waals surface area contributed by atoms with Gasteiger partial charge in [0.05, 0.1) is 6.61 Å². The van der Waals surface area contributed by atoms with Crippen molar-refractivity contribution in [2.45, 2.75) is 39.7 Å². The second-order valence-corrected chi connectivity index (χ2v) is 5.43. The smallest absolute Gasteiger partial charge is 0.225 e. The third-order valence-corrected chi connectivity index (χ3v) is 2.46. The molecule has 1 aromatic rings. The van der Waals surface area contributed by atoms with Gasteiger partial charge in [-0.1, -0.05) is 0 Å². The van der Waals surface area contributed by atoms with Crippen LogP contribution in [0, 0.1) is 0 Å². The highest BCUT2D eigenvalue weighted by Gasteiger charge is 2.09. The van der Waals surface area contributed by atoms with E-state index in [0.717, 1.165) is 11.4 Å². The van der Waals surface area contributed by atoms with Crippen LogP contribution in [0.5, 0.6) is 5.75 Å². The molecule has 2 N–H and O–H groups in total. The Morgan fingerprint density at radius 1 is 1.21 bits per heavy atom. The van der Waals surface area contributed by atoms with E-state index >= 15 is 0 Å². The Labute approximate surface area is 115 Å². The molecule has 0 heterocycles. The summed E-state index contributed by atoms with van der Waals surface area (Å²) in [6, 6.07) is 7.40. The number of amides is 1. The molecule has 0 fully saturated rings. The van der Waals surface area contributed by atoms with Gasteiger partial charge in [-0.15, -0.1) is 0 Å². The van der Waals surface area contributed by atoms with E-state index in [1.807, 2.05) is 31.2 Å². The quantitative estimate of drug-likeness (QED) is 0.830. The zero-order valence-electron chi connectivity index (χ0n) is 12.2. The van der Waals surface area contributed by atoms with Crippen LogP contribution in [0.4, 0.5) is 5.69 Å². The summed E-state index contributed by atoms with van der Waals surface area (Å²) in [5, 5.41) is 6.15. The van der Waals surface area contributed by atoms with Gasteiger partial charge < -0.3 is 15.4 Å². The standard InChI is InChI=1S/C15H24N2O2/c1-5-19-13-8-6-12(7-9-13)17-14(18)10-11-16-15(2,3)4/h6-9,16H,5,10-11H2,1-4H3,(H,17,18).